The lowest BCUT2D eigenvalue weighted by atomic mass is 10.1. The predicted octanol–water partition coefficient (Wildman–Crippen LogP) is 2.08. The van der Waals surface area contributed by atoms with Crippen molar-refractivity contribution in [2.45, 2.75) is 13.3 Å². The van der Waals surface area contributed by atoms with E-state index >= 15 is 0 Å². The first kappa shape index (κ1) is 9.77. The topological polar surface area (TPSA) is 32.3 Å². The highest BCUT2D eigenvalue weighted by Gasteiger charge is 2.20. The zero-order valence-corrected chi connectivity index (χ0v) is 8.68. The van der Waals surface area contributed by atoms with E-state index < -0.39 is 0 Å². The van der Waals surface area contributed by atoms with Gasteiger partial charge in [0, 0.05) is 6.20 Å². The first-order valence-electron chi connectivity index (χ1n) is 5.14. The monoisotopic (exact) mass is 202 g/mol. The quantitative estimate of drug-likeness (QED) is 0.796. The standard InChI is InChI=1S/C12H14N2O/c1-2-10-8-9-14(13-12(10)15)11-6-4-3-5-7-11/h3-10H,2H2,1H3,(H,13,15). The maximum atomic E-state index is 11.6. The highest BCUT2D eigenvalue weighted by Crippen LogP contribution is 2.17. The SMILES string of the molecule is CCC1C=CN(c2ccccc2)NC1=O. The lowest BCUT2D eigenvalue weighted by Crippen LogP contribution is -2.44. The van der Waals surface area contributed by atoms with Crippen molar-refractivity contribution in [3.63, 3.8) is 0 Å². The summed E-state index contributed by atoms with van der Waals surface area (Å²) in [5.74, 6) is 0.0637. The van der Waals surface area contributed by atoms with Crippen molar-refractivity contribution < 1.29 is 4.79 Å². The molecule has 15 heavy (non-hydrogen) atoms. The van der Waals surface area contributed by atoms with E-state index in [4.69, 9.17) is 0 Å². The molecule has 78 valence electrons. The molecule has 0 aliphatic carbocycles. The Labute approximate surface area is 89.4 Å². The van der Waals surface area contributed by atoms with Gasteiger partial charge < -0.3 is 0 Å². The van der Waals surface area contributed by atoms with Crippen molar-refractivity contribution in [1.29, 1.82) is 0 Å². The first-order valence-corrected chi connectivity index (χ1v) is 5.14. The van der Waals surface area contributed by atoms with Crippen LogP contribution in [0, 0.1) is 5.92 Å². The predicted molar refractivity (Wildman–Crippen MR) is 60.0 cm³/mol. The van der Waals surface area contributed by atoms with Gasteiger partial charge in [-0.2, -0.15) is 0 Å². The fourth-order valence-corrected chi connectivity index (χ4v) is 1.58. The molecule has 1 aliphatic rings. The van der Waals surface area contributed by atoms with Crippen LogP contribution in [0.25, 0.3) is 0 Å². The number of nitrogens with zero attached hydrogens (tertiary/aromatic N) is 1. The van der Waals surface area contributed by atoms with E-state index in [9.17, 15) is 4.79 Å². The van der Waals surface area contributed by atoms with Crippen LogP contribution in [0.4, 0.5) is 5.69 Å². The second-order valence-electron chi connectivity index (χ2n) is 3.54. The van der Waals surface area contributed by atoms with Crippen LogP contribution in [0.3, 0.4) is 0 Å². The maximum Gasteiger partial charge on any atom is 0.245 e. The van der Waals surface area contributed by atoms with Gasteiger partial charge in [-0.1, -0.05) is 31.2 Å². The van der Waals surface area contributed by atoms with Gasteiger partial charge in [0.2, 0.25) is 5.91 Å². The third-order valence-corrected chi connectivity index (χ3v) is 2.51. The van der Waals surface area contributed by atoms with Crippen LogP contribution in [-0.4, -0.2) is 5.91 Å². The molecule has 0 spiro atoms. The summed E-state index contributed by atoms with van der Waals surface area (Å²) in [5, 5.41) is 1.74. The normalized spacial score (nSPS) is 20.2. The Kier molecular flexibility index (Phi) is 2.72. The molecule has 0 saturated heterocycles. The molecular weight excluding hydrogens is 188 g/mol. The summed E-state index contributed by atoms with van der Waals surface area (Å²) >= 11 is 0. The second kappa shape index (κ2) is 4.17. The fraction of sp³-hybridized carbons (Fsp3) is 0.250. The molecule has 1 aromatic rings. The average Bonchev–Trinajstić information content (AvgIpc) is 2.30. The molecular formula is C12H14N2O. The van der Waals surface area contributed by atoms with E-state index in [1.165, 1.54) is 0 Å². The highest BCUT2D eigenvalue weighted by atomic mass is 16.2. The Hall–Kier alpha value is -1.77. The van der Waals surface area contributed by atoms with Crippen LogP contribution in [0.15, 0.2) is 42.6 Å². The van der Waals surface area contributed by atoms with Gasteiger partial charge in [-0.15, -0.1) is 0 Å². The Balaban J connectivity index is 2.18. The molecule has 0 bridgehead atoms. The largest absolute Gasteiger partial charge is 0.273 e. The number of hydrogen-bond donors (Lipinski definition) is 1. The van der Waals surface area contributed by atoms with E-state index in [1.807, 2.05) is 49.5 Å². The van der Waals surface area contributed by atoms with Gasteiger partial charge in [0.15, 0.2) is 0 Å². The minimum absolute atomic E-state index is 0.00459. The van der Waals surface area contributed by atoms with Crippen LogP contribution in [-0.2, 0) is 4.79 Å². The van der Waals surface area contributed by atoms with Crippen LogP contribution < -0.4 is 10.4 Å². The maximum absolute atomic E-state index is 11.6. The Morgan fingerprint density at radius 2 is 2.07 bits per heavy atom. The number of hydrogen-bond acceptors (Lipinski definition) is 2. The lowest BCUT2D eigenvalue weighted by molar-refractivity contribution is -0.124. The minimum Gasteiger partial charge on any atom is -0.273 e. The average molecular weight is 202 g/mol. The molecule has 1 N–H and O–H groups in total. The highest BCUT2D eigenvalue weighted by molar-refractivity contribution is 5.83. The number of carbonyl (C=O) groups excluding carboxylic acids is 1. The second-order valence-corrected chi connectivity index (χ2v) is 3.54. The summed E-state index contributed by atoms with van der Waals surface area (Å²) in [6.07, 6.45) is 4.68. The van der Waals surface area contributed by atoms with Crippen LogP contribution in [0.2, 0.25) is 0 Å². The van der Waals surface area contributed by atoms with Crippen LogP contribution in [0.5, 0.6) is 0 Å². The van der Waals surface area contributed by atoms with E-state index in [1.54, 1.807) is 5.01 Å². The third kappa shape index (κ3) is 2.01. The van der Waals surface area contributed by atoms with E-state index in [0.29, 0.717) is 0 Å². The third-order valence-electron chi connectivity index (χ3n) is 2.51. The smallest absolute Gasteiger partial charge is 0.245 e. The van der Waals surface area contributed by atoms with Gasteiger partial charge >= 0.3 is 0 Å². The lowest BCUT2D eigenvalue weighted by Gasteiger charge is -2.27. The van der Waals surface area contributed by atoms with Gasteiger partial charge in [-0.25, -0.2) is 0 Å². The minimum atomic E-state index is 0.00459. The number of benzene rings is 1. The molecule has 1 aliphatic heterocycles. The van der Waals surface area contributed by atoms with Gasteiger partial charge in [-0.05, 0) is 18.6 Å². The van der Waals surface area contributed by atoms with Gasteiger partial charge in [0.05, 0.1) is 11.6 Å². The number of carbonyl (C=O) groups is 1. The van der Waals surface area contributed by atoms with Crippen molar-refractivity contribution in [2.24, 2.45) is 5.92 Å². The number of nitrogens with one attached hydrogen (secondary N) is 1. The Morgan fingerprint density at radius 1 is 1.33 bits per heavy atom. The van der Waals surface area contributed by atoms with Crippen molar-refractivity contribution in [3.05, 3.63) is 42.6 Å². The summed E-state index contributed by atoms with van der Waals surface area (Å²) in [5.41, 5.74) is 3.81. The van der Waals surface area contributed by atoms with E-state index in [0.717, 1.165) is 12.1 Å². The van der Waals surface area contributed by atoms with Crippen LogP contribution in [0.1, 0.15) is 13.3 Å². The number of amides is 1. The van der Waals surface area contributed by atoms with Gasteiger partial charge in [-0.3, -0.25) is 15.2 Å². The van der Waals surface area contributed by atoms with Crippen molar-refractivity contribution >= 4 is 11.6 Å². The van der Waals surface area contributed by atoms with Crippen molar-refractivity contribution in [2.75, 3.05) is 5.01 Å². The summed E-state index contributed by atoms with van der Waals surface area (Å²) in [6, 6.07) is 9.75. The first-order chi connectivity index (χ1) is 7.31. The summed E-state index contributed by atoms with van der Waals surface area (Å²) in [6.45, 7) is 2.01. The van der Waals surface area contributed by atoms with Crippen LogP contribution >= 0.6 is 0 Å². The number of rotatable bonds is 2. The van der Waals surface area contributed by atoms with Crippen molar-refractivity contribution in [1.82, 2.24) is 5.43 Å². The summed E-state index contributed by atoms with van der Waals surface area (Å²) < 4.78 is 0. The van der Waals surface area contributed by atoms with Gasteiger partial charge in [0.1, 0.15) is 0 Å². The molecule has 1 atom stereocenters. The zero-order chi connectivity index (χ0) is 10.7. The fourth-order valence-electron chi connectivity index (χ4n) is 1.58. The molecule has 1 amide bonds. The molecule has 0 fully saturated rings. The molecule has 1 unspecified atom stereocenters. The van der Waals surface area contributed by atoms with E-state index in [2.05, 4.69) is 5.43 Å². The Bertz CT molecular complexity index is 372. The molecule has 0 radical (unpaired) electrons. The van der Waals surface area contributed by atoms with E-state index in [-0.39, 0.29) is 11.8 Å². The molecule has 2 rings (SSSR count). The molecule has 0 saturated carbocycles. The summed E-state index contributed by atoms with van der Waals surface area (Å²) in [7, 11) is 0. The van der Waals surface area contributed by atoms with Crippen molar-refractivity contribution in [3.8, 4) is 0 Å². The number of hydrazine groups is 1. The number of anilines is 1. The number of para-hydroxylation sites is 1. The molecule has 1 heterocycles. The molecule has 0 aromatic heterocycles. The Morgan fingerprint density at radius 3 is 2.67 bits per heavy atom. The molecule has 1 aromatic carbocycles. The van der Waals surface area contributed by atoms with Gasteiger partial charge in [0.25, 0.3) is 0 Å². The molecule has 3 nitrogen and oxygen atoms in total. The molecule has 3 heteroatoms. The zero-order valence-electron chi connectivity index (χ0n) is 8.68. The summed E-state index contributed by atoms with van der Waals surface area (Å²) in [4.78, 5) is 11.6.